The van der Waals surface area contributed by atoms with Crippen LogP contribution in [0.5, 0.6) is 11.5 Å². The van der Waals surface area contributed by atoms with Crippen molar-refractivity contribution in [3.8, 4) is 11.5 Å². The number of nitrogens with one attached hydrogen (secondary N) is 1. The lowest BCUT2D eigenvalue weighted by molar-refractivity contribution is 0.478. The van der Waals surface area contributed by atoms with Crippen LogP contribution in [0.1, 0.15) is 16.7 Å². The second kappa shape index (κ2) is 6.22. The van der Waals surface area contributed by atoms with Crippen LogP contribution < -0.4 is 10.1 Å². The zero-order valence-corrected chi connectivity index (χ0v) is 13.0. The van der Waals surface area contributed by atoms with Crippen molar-refractivity contribution in [3.63, 3.8) is 0 Å². The van der Waals surface area contributed by atoms with Crippen molar-refractivity contribution in [2.45, 2.75) is 20.4 Å². The molecule has 0 atom stereocenters. The minimum absolute atomic E-state index is 0.874. The number of rotatable bonds is 4. The van der Waals surface area contributed by atoms with E-state index >= 15 is 0 Å². The number of benzene rings is 2. The minimum Gasteiger partial charge on any atom is -0.457 e. The summed E-state index contributed by atoms with van der Waals surface area (Å²) in [6.45, 7) is 5.03. The first-order valence-corrected chi connectivity index (χ1v) is 7.07. The summed E-state index contributed by atoms with van der Waals surface area (Å²) in [6.07, 6.45) is 0. The van der Waals surface area contributed by atoms with Crippen LogP contribution in [-0.4, -0.2) is 7.05 Å². The summed E-state index contributed by atoms with van der Waals surface area (Å²) in [7, 11) is 1.95. The van der Waals surface area contributed by atoms with Gasteiger partial charge in [0.1, 0.15) is 11.5 Å². The van der Waals surface area contributed by atoms with E-state index in [0.717, 1.165) is 28.1 Å². The van der Waals surface area contributed by atoms with E-state index in [-0.39, 0.29) is 0 Å². The molecule has 0 aliphatic heterocycles. The van der Waals surface area contributed by atoms with Crippen molar-refractivity contribution in [3.05, 3.63) is 57.6 Å². The van der Waals surface area contributed by atoms with Crippen molar-refractivity contribution in [1.82, 2.24) is 5.32 Å². The van der Waals surface area contributed by atoms with Crippen molar-refractivity contribution in [1.29, 1.82) is 0 Å². The van der Waals surface area contributed by atoms with Crippen LogP contribution in [0.4, 0.5) is 0 Å². The second-order valence-corrected chi connectivity index (χ2v) is 5.55. The average molecular weight is 320 g/mol. The molecule has 2 aromatic carbocycles. The predicted molar refractivity (Wildman–Crippen MR) is 82.9 cm³/mol. The Hall–Kier alpha value is -1.32. The molecule has 0 saturated carbocycles. The van der Waals surface area contributed by atoms with Crippen LogP contribution in [-0.2, 0) is 6.54 Å². The van der Waals surface area contributed by atoms with E-state index in [1.165, 1.54) is 11.1 Å². The molecule has 0 fully saturated rings. The maximum Gasteiger partial charge on any atom is 0.131 e. The zero-order chi connectivity index (χ0) is 13.8. The lowest BCUT2D eigenvalue weighted by Crippen LogP contribution is -2.06. The highest BCUT2D eigenvalue weighted by Crippen LogP contribution is 2.29. The first kappa shape index (κ1) is 14.1. The molecule has 2 nitrogen and oxygen atoms in total. The maximum absolute atomic E-state index is 5.95. The van der Waals surface area contributed by atoms with Crippen LogP contribution in [0.2, 0.25) is 0 Å². The van der Waals surface area contributed by atoms with Gasteiger partial charge in [-0.05, 0) is 61.9 Å². The fourth-order valence-electron chi connectivity index (χ4n) is 1.93. The summed E-state index contributed by atoms with van der Waals surface area (Å²) in [4.78, 5) is 0. The number of halogens is 1. The minimum atomic E-state index is 0.874. The summed E-state index contributed by atoms with van der Waals surface area (Å²) in [5.41, 5.74) is 3.65. The Morgan fingerprint density at radius 1 is 1.05 bits per heavy atom. The van der Waals surface area contributed by atoms with E-state index in [0.29, 0.717) is 0 Å². The Morgan fingerprint density at radius 3 is 2.53 bits per heavy atom. The molecule has 19 heavy (non-hydrogen) atoms. The molecular formula is C16H18BrNO. The van der Waals surface area contributed by atoms with Crippen LogP contribution in [0.3, 0.4) is 0 Å². The number of ether oxygens (including phenoxy) is 1. The predicted octanol–water partition coefficient (Wildman–Crippen LogP) is 4.58. The molecule has 1 N–H and O–H groups in total. The topological polar surface area (TPSA) is 21.3 Å². The number of aryl methyl sites for hydroxylation is 2. The molecule has 0 amide bonds. The van der Waals surface area contributed by atoms with E-state index in [9.17, 15) is 0 Å². The SMILES string of the molecule is CNCc1ccc(Oc2cc(Br)ccc2C)cc1C. The van der Waals surface area contributed by atoms with E-state index in [4.69, 9.17) is 4.74 Å². The smallest absolute Gasteiger partial charge is 0.131 e. The third-order valence-electron chi connectivity index (χ3n) is 3.06. The molecule has 2 rings (SSSR count). The fraction of sp³-hybridized carbons (Fsp3) is 0.250. The molecule has 0 heterocycles. The highest BCUT2D eigenvalue weighted by molar-refractivity contribution is 9.10. The van der Waals surface area contributed by atoms with E-state index in [1.807, 2.05) is 38.2 Å². The molecule has 0 aliphatic rings. The van der Waals surface area contributed by atoms with Gasteiger partial charge < -0.3 is 10.1 Å². The third kappa shape index (κ3) is 3.58. The number of hydrogen-bond donors (Lipinski definition) is 1. The first-order valence-electron chi connectivity index (χ1n) is 6.28. The van der Waals surface area contributed by atoms with Gasteiger partial charge >= 0.3 is 0 Å². The van der Waals surface area contributed by atoms with Gasteiger partial charge in [0.2, 0.25) is 0 Å². The highest BCUT2D eigenvalue weighted by atomic mass is 79.9. The van der Waals surface area contributed by atoms with Crippen molar-refractivity contribution >= 4 is 15.9 Å². The lowest BCUT2D eigenvalue weighted by Gasteiger charge is -2.11. The van der Waals surface area contributed by atoms with Gasteiger partial charge in [0.25, 0.3) is 0 Å². The Kier molecular flexibility index (Phi) is 4.61. The summed E-state index contributed by atoms with van der Waals surface area (Å²) in [6, 6.07) is 12.2. The van der Waals surface area contributed by atoms with Crippen LogP contribution in [0.15, 0.2) is 40.9 Å². The first-order chi connectivity index (χ1) is 9.10. The van der Waals surface area contributed by atoms with Crippen molar-refractivity contribution < 1.29 is 4.74 Å². The molecule has 0 unspecified atom stereocenters. The van der Waals surface area contributed by atoms with Gasteiger partial charge in [0, 0.05) is 11.0 Å². The highest BCUT2D eigenvalue weighted by Gasteiger charge is 2.04. The third-order valence-corrected chi connectivity index (χ3v) is 3.55. The van der Waals surface area contributed by atoms with E-state index in [1.54, 1.807) is 0 Å². The Labute approximate surface area is 122 Å². The Balaban J connectivity index is 2.24. The molecule has 0 aliphatic carbocycles. The summed E-state index contributed by atoms with van der Waals surface area (Å²) in [5.74, 6) is 1.76. The molecule has 0 radical (unpaired) electrons. The second-order valence-electron chi connectivity index (χ2n) is 4.63. The normalized spacial score (nSPS) is 10.5. The van der Waals surface area contributed by atoms with Crippen LogP contribution in [0, 0.1) is 13.8 Å². The van der Waals surface area contributed by atoms with Gasteiger partial charge in [0.15, 0.2) is 0 Å². The van der Waals surface area contributed by atoms with Gasteiger partial charge in [-0.15, -0.1) is 0 Å². The van der Waals surface area contributed by atoms with Crippen LogP contribution >= 0.6 is 15.9 Å². The molecule has 0 saturated heterocycles. The molecular weight excluding hydrogens is 302 g/mol. The van der Waals surface area contributed by atoms with E-state index < -0.39 is 0 Å². The fourth-order valence-corrected chi connectivity index (χ4v) is 2.27. The molecule has 0 aromatic heterocycles. The van der Waals surface area contributed by atoms with Gasteiger partial charge in [-0.3, -0.25) is 0 Å². The molecule has 2 aromatic rings. The van der Waals surface area contributed by atoms with Gasteiger partial charge in [-0.1, -0.05) is 28.1 Å². The summed E-state index contributed by atoms with van der Waals surface area (Å²) < 4.78 is 6.98. The standard InChI is InChI=1S/C16H18BrNO/c1-11-4-6-14(17)9-16(11)19-15-7-5-13(10-18-3)12(2)8-15/h4-9,18H,10H2,1-3H3. The van der Waals surface area contributed by atoms with Gasteiger partial charge in [-0.2, -0.15) is 0 Å². The molecule has 3 heteroatoms. The largest absolute Gasteiger partial charge is 0.457 e. The van der Waals surface area contributed by atoms with Crippen molar-refractivity contribution in [2.24, 2.45) is 0 Å². The Bertz CT molecular complexity index is 581. The Morgan fingerprint density at radius 2 is 1.84 bits per heavy atom. The monoisotopic (exact) mass is 319 g/mol. The van der Waals surface area contributed by atoms with E-state index in [2.05, 4.69) is 40.3 Å². The van der Waals surface area contributed by atoms with Crippen LogP contribution in [0.25, 0.3) is 0 Å². The van der Waals surface area contributed by atoms with Gasteiger partial charge in [0.05, 0.1) is 0 Å². The van der Waals surface area contributed by atoms with Crippen molar-refractivity contribution in [2.75, 3.05) is 7.05 Å². The zero-order valence-electron chi connectivity index (χ0n) is 11.5. The van der Waals surface area contributed by atoms with Gasteiger partial charge in [-0.25, -0.2) is 0 Å². The molecule has 100 valence electrons. The molecule has 0 bridgehead atoms. The lowest BCUT2D eigenvalue weighted by atomic mass is 10.1. The molecule has 0 spiro atoms. The summed E-state index contributed by atoms with van der Waals surface area (Å²) >= 11 is 3.47. The number of hydrogen-bond acceptors (Lipinski definition) is 2. The quantitative estimate of drug-likeness (QED) is 0.890. The maximum atomic E-state index is 5.95. The average Bonchev–Trinajstić information content (AvgIpc) is 2.37. The summed E-state index contributed by atoms with van der Waals surface area (Å²) in [5, 5.41) is 3.16.